The van der Waals surface area contributed by atoms with E-state index in [1.165, 1.54) is 58.4 Å². The van der Waals surface area contributed by atoms with Crippen molar-refractivity contribution in [2.75, 3.05) is 39.8 Å². The second-order valence-electron chi connectivity index (χ2n) is 4.99. The van der Waals surface area contributed by atoms with Crippen molar-refractivity contribution in [3.8, 4) is 0 Å². The van der Waals surface area contributed by atoms with Gasteiger partial charge in [0.2, 0.25) is 0 Å². The Morgan fingerprint density at radius 2 is 1.93 bits per heavy atom. The maximum atomic E-state index is 3.53. The van der Waals surface area contributed by atoms with Gasteiger partial charge < -0.3 is 10.6 Å². The molecule has 1 aliphatic carbocycles. The van der Waals surface area contributed by atoms with Gasteiger partial charge in [0.15, 0.2) is 0 Å². The molecule has 2 rings (SSSR count). The highest BCUT2D eigenvalue weighted by atomic mass is 15.2. The lowest BCUT2D eigenvalue weighted by Gasteiger charge is -2.33. The van der Waals surface area contributed by atoms with Crippen molar-refractivity contribution in [1.29, 1.82) is 0 Å². The highest BCUT2D eigenvalue weighted by Crippen LogP contribution is 2.27. The molecule has 1 atom stereocenters. The maximum absolute atomic E-state index is 3.53. The van der Waals surface area contributed by atoms with Gasteiger partial charge in [-0.2, -0.15) is 0 Å². The molecule has 15 heavy (non-hydrogen) atoms. The average molecular weight is 211 g/mol. The van der Waals surface area contributed by atoms with E-state index in [9.17, 15) is 0 Å². The third-order valence-corrected chi connectivity index (χ3v) is 4.00. The fourth-order valence-corrected chi connectivity index (χ4v) is 3.01. The summed E-state index contributed by atoms with van der Waals surface area (Å²) in [5.74, 6) is 0.935. The summed E-state index contributed by atoms with van der Waals surface area (Å²) in [6.45, 7) is 6.04. The Hall–Kier alpha value is -0.120. The second-order valence-corrected chi connectivity index (χ2v) is 4.99. The van der Waals surface area contributed by atoms with Crippen molar-refractivity contribution in [2.45, 2.75) is 31.7 Å². The molecule has 0 aromatic carbocycles. The molecule has 1 saturated heterocycles. The molecule has 0 bridgehead atoms. The van der Waals surface area contributed by atoms with E-state index < -0.39 is 0 Å². The van der Waals surface area contributed by atoms with Gasteiger partial charge in [0.25, 0.3) is 0 Å². The number of rotatable bonds is 4. The molecule has 2 fully saturated rings. The van der Waals surface area contributed by atoms with Gasteiger partial charge in [-0.25, -0.2) is 0 Å². The first-order valence-electron chi connectivity index (χ1n) is 6.50. The first-order valence-corrected chi connectivity index (χ1v) is 6.50. The van der Waals surface area contributed by atoms with Gasteiger partial charge in [0.1, 0.15) is 0 Å². The monoisotopic (exact) mass is 211 g/mol. The second kappa shape index (κ2) is 5.83. The van der Waals surface area contributed by atoms with Crippen LogP contribution in [0.15, 0.2) is 0 Å². The summed E-state index contributed by atoms with van der Waals surface area (Å²) in [4.78, 5) is 2.61. The smallest absolute Gasteiger partial charge is 0.0220 e. The van der Waals surface area contributed by atoms with Gasteiger partial charge in [-0.15, -0.1) is 0 Å². The molecule has 88 valence electrons. The van der Waals surface area contributed by atoms with Gasteiger partial charge >= 0.3 is 0 Å². The SMILES string of the molecule is CNC(CN1CCNCC1)C1CCCC1. The minimum atomic E-state index is 0.727. The van der Waals surface area contributed by atoms with Crippen LogP contribution in [0, 0.1) is 5.92 Å². The number of nitrogens with zero attached hydrogens (tertiary/aromatic N) is 1. The standard InChI is InChI=1S/C12H25N3/c1-13-12(11-4-2-3-5-11)10-15-8-6-14-7-9-15/h11-14H,2-10H2,1H3. The molecule has 0 amide bonds. The van der Waals surface area contributed by atoms with Gasteiger partial charge in [0.05, 0.1) is 0 Å². The Bertz CT molecular complexity index is 172. The van der Waals surface area contributed by atoms with Crippen LogP contribution < -0.4 is 10.6 Å². The minimum absolute atomic E-state index is 0.727. The predicted octanol–water partition coefficient (Wildman–Crippen LogP) is 0.670. The first-order chi connectivity index (χ1) is 7.40. The normalized spacial score (nSPS) is 27.0. The zero-order chi connectivity index (χ0) is 10.5. The van der Waals surface area contributed by atoms with Crippen molar-refractivity contribution in [2.24, 2.45) is 5.92 Å². The fourth-order valence-electron chi connectivity index (χ4n) is 3.01. The summed E-state index contributed by atoms with van der Waals surface area (Å²) < 4.78 is 0. The van der Waals surface area contributed by atoms with Gasteiger partial charge in [-0.05, 0) is 25.8 Å². The van der Waals surface area contributed by atoms with E-state index in [0.29, 0.717) is 0 Å². The molecule has 0 aromatic rings. The molecular weight excluding hydrogens is 186 g/mol. The van der Waals surface area contributed by atoms with E-state index in [1.54, 1.807) is 0 Å². The van der Waals surface area contributed by atoms with Crippen LogP contribution in [0.4, 0.5) is 0 Å². The maximum Gasteiger partial charge on any atom is 0.0220 e. The summed E-state index contributed by atoms with van der Waals surface area (Å²) in [7, 11) is 2.13. The Morgan fingerprint density at radius 1 is 1.27 bits per heavy atom. The summed E-state index contributed by atoms with van der Waals surface area (Å²) in [6, 6.07) is 0.727. The first kappa shape index (κ1) is 11.4. The molecular formula is C12H25N3. The molecule has 0 aromatic heterocycles. The van der Waals surface area contributed by atoms with Crippen molar-refractivity contribution in [3.63, 3.8) is 0 Å². The molecule has 3 heteroatoms. The van der Waals surface area contributed by atoms with Crippen LogP contribution in [0.2, 0.25) is 0 Å². The Kier molecular flexibility index (Phi) is 4.42. The summed E-state index contributed by atoms with van der Waals surface area (Å²) >= 11 is 0. The lowest BCUT2D eigenvalue weighted by molar-refractivity contribution is 0.193. The molecule has 0 spiro atoms. The fraction of sp³-hybridized carbons (Fsp3) is 1.00. The molecule has 1 heterocycles. The number of nitrogens with one attached hydrogen (secondary N) is 2. The number of piperazine rings is 1. The van der Waals surface area contributed by atoms with Crippen LogP contribution in [-0.2, 0) is 0 Å². The Balaban J connectivity index is 1.78. The molecule has 1 saturated carbocycles. The average Bonchev–Trinajstić information content (AvgIpc) is 2.81. The molecule has 3 nitrogen and oxygen atoms in total. The van der Waals surface area contributed by atoms with E-state index >= 15 is 0 Å². The van der Waals surface area contributed by atoms with Crippen LogP contribution in [0.5, 0.6) is 0 Å². The van der Waals surface area contributed by atoms with E-state index in [1.807, 2.05) is 0 Å². The lowest BCUT2D eigenvalue weighted by atomic mass is 9.97. The van der Waals surface area contributed by atoms with E-state index in [4.69, 9.17) is 0 Å². The van der Waals surface area contributed by atoms with Crippen molar-refractivity contribution in [1.82, 2.24) is 15.5 Å². The van der Waals surface area contributed by atoms with Crippen LogP contribution in [0.3, 0.4) is 0 Å². The zero-order valence-electron chi connectivity index (χ0n) is 9.97. The minimum Gasteiger partial charge on any atom is -0.315 e. The predicted molar refractivity (Wildman–Crippen MR) is 64.1 cm³/mol. The lowest BCUT2D eigenvalue weighted by Crippen LogP contribution is -2.50. The quantitative estimate of drug-likeness (QED) is 0.716. The van der Waals surface area contributed by atoms with Gasteiger partial charge in [-0.1, -0.05) is 12.8 Å². The largest absolute Gasteiger partial charge is 0.315 e. The highest BCUT2D eigenvalue weighted by Gasteiger charge is 2.25. The zero-order valence-corrected chi connectivity index (χ0v) is 9.97. The molecule has 2 aliphatic rings. The highest BCUT2D eigenvalue weighted by molar-refractivity contribution is 4.83. The van der Waals surface area contributed by atoms with E-state index in [0.717, 1.165) is 12.0 Å². The molecule has 0 radical (unpaired) electrons. The Labute approximate surface area is 93.6 Å². The molecule has 1 unspecified atom stereocenters. The van der Waals surface area contributed by atoms with Gasteiger partial charge in [-0.3, -0.25) is 4.90 Å². The van der Waals surface area contributed by atoms with Crippen molar-refractivity contribution in [3.05, 3.63) is 0 Å². The Morgan fingerprint density at radius 3 is 2.53 bits per heavy atom. The third kappa shape index (κ3) is 3.16. The van der Waals surface area contributed by atoms with Crippen LogP contribution in [-0.4, -0.2) is 50.7 Å². The number of hydrogen-bond donors (Lipinski definition) is 2. The summed E-state index contributed by atoms with van der Waals surface area (Å²) in [5.41, 5.74) is 0. The summed E-state index contributed by atoms with van der Waals surface area (Å²) in [6.07, 6.45) is 5.78. The molecule has 1 aliphatic heterocycles. The van der Waals surface area contributed by atoms with Crippen molar-refractivity contribution >= 4 is 0 Å². The molecule has 2 N–H and O–H groups in total. The van der Waals surface area contributed by atoms with Gasteiger partial charge in [0, 0.05) is 38.8 Å². The topological polar surface area (TPSA) is 27.3 Å². The van der Waals surface area contributed by atoms with Crippen molar-refractivity contribution < 1.29 is 0 Å². The van der Waals surface area contributed by atoms with Crippen LogP contribution in [0.25, 0.3) is 0 Å². The number of hydrogen-bond acceptors (Lipinski definition) is 3. The van der Waals surface area contributed by atoms with E-state index in [-0.39, 0.29) is 0 Å². The third-order valence-electron chi connectivity index (χ3n) is 4.00. The van der Waals surface area contributed by atoms with Crippen LogP contribution in [0.1, 0.15) is 25.7 Å². The van der Waals surface area contributed by atoms with Crippen LogP contribution >= 0.6 is 0 Å². The van der Waals surface area contributed by atoms with E-state index in [2.05, 4.69) is 22.6 Å². The summed E-state index contributed by atoms with van der Waals surface area (Å²) in [5, 5.41) is 6.94. The number of likely N-dealkylation sites (N-methyl/N-ethyl adjacent to an activating group) is 1.